The molecule has 0 N–H and O–H groups in total. The minimum absolute atomic E-state index is 0.0471. The number of urea groups is 1. The first-order valence-corrected chi connectivity index (χ1v) is 7.59. The van der Waals surface area contributed by atoms with E-state index >= 15 is 0 Å². The van der Waals surface area contributed by atoms with Gasteiger partial charge in [0.2, 0.25) is 5.78 Å². The standard InChI is InChI=1S/C19H20N2O4/c1-21(2)19(23)20-17(13-7-5-9-15(11-13)24-3)18(22)14-8-6-10-16(12-14)25-4/h5-12H,1-4H3/b20-17+. The van der Waals surface area contributed by atoms with Crippen LogP contribution in [0.3, 0.4) is 0 Å². The van der Waals surface area contributed by atoms with E-state index in [4.69, 9.17) is 9.47 Å². The highest BCUT2D eigenvalue weighted by atomic mass is 16.5. The molecule has 2 aromatic rings. The molecule has 6 nitrogen and oxygen atoms in total. The Morgan fingerprint density at radius 2 is 1.40 bits per heavy atom. The average Bonchev–Trinajstić information content (AvgIpc) is 2.65. The number of aliphatic imine (C=N–C) groups is 1. The van der Waals surface area contributed by atoms with E-state index in [1.807, 2.05) is 0 Å². The van der Waals surface area contributed by atoms with Crippen LogP contribution in [0.15, 0.2) is 53.5 Å². The van der Waals surface area contributed by atoms with Crippen molar-refractivity contribution in [2.24, 2.45) is 4.99 Å². The van der Waals surface area contributed by atoms with Crippen LogP contribution in [0.5, 0.6) is 11.5 Å². The maximum absolute atomic E-state index is 13.0. The van der Waals surface area contributed by atoms with E-state index in [1.54, 1.807) is 62.6 Å². The monoisotopic (exact) mass is 340 g/mol. The summed E-state index contributed by atoms with van der Waals surface area (Å²) in [7, 11) is 6.21. The van der Waals surface area contributed by atoms with Gasteiger partial charge in [0.15, 0.2) is 0 Å². The molecule has 2 amide bonds. The van der Waals surface area contributed by atoms with Gasteiger partial charge in [-0.3, -0.25) is 4.79 Å². The van der Waals surface area contributed by atoms with Crippen LogP contribution < -0.4 is 9.47 Å². The summed E-state index contributed by atoms with van der Waals surface area (Å²) in [6.07, 6.45) is 0. The molecule has 0 heterocycles. The van der Waals surface area contributed by atoms with Crippen molar-refractivity contribution >= 4 is 17.5 Å². The number of carbonyl (C=O) groups excluding carboxylic acids is 2. The molecule has 130 valence electrons. The molecular weight excluding hydrogens is 320 g/mol. The zero-order valence-corrected chi connectivity index (χ0v) is 14.6. The highest BCUT2D eigenvalue weighted by Gasteiger charge is 2.19. The smallest absolute Gasteiger partial charge is 0.343 e. The average molecular weight is 340 g/mol. The normalized spacial score (nSPS) is 11.0. The molecule has 0 bridgehead atoms. The van der Waals surface area contributed by atoms with Gasteiger partial charge >= 0.3 is 6.03 Å². The second-order valence-electron chi connectivity index (χ2n) is 5.43. The molecule has 0 fully saturated rings. The van der Waals surface area contributed by atoms with Gasteiger partial charge in [0.1, 0.15) is 17.2 Å². The molecule has 0 aliphatic rings. The number of carbonyl (C=O) groups is 2. The number of methoxy groups -OCH3 is 2. The lowest BCUT2D eigenvalue weighted by Gasteiger charge is -2.11. The van der Waals surface area contributed by atoms with E-state index in [2.05, 4.69) is 4.99 Å². The lowest BCUT2D eigenvalue weighted by atomic mass is 10.00. The molecule has 2 aromatic carbocycles. The van der Waals surface area contributed by atoms with Crippen molar-refractivity contribution in [3.05, 3.63) is 59.7 Å². The molecule has 2 rings (SSSR count). The van der Waals surface area contributed by atoms with Crippen molar-refractivity contribution in [2.75, 3.05) is 28.3 Å². The number of ketones is 1. The minimum Gasteiger partial charge on any atom is -0.497 e. The molecule has 0 saturated heterocycles. The van der Waals surface area contributed by atoms with Gasteiger partial charge in [-0.15, -0.1) is 0 Å². The topological polar surface area (TPSA) is 68.2 Å². The second-order valence-corrected chi connectivity index (χ2v) is 5.43. The van der Waals surface area contributed by atoms with Gasteiger partial charge in [-0.25, -0.2) is 4.79 Å². The zero-order valence-electron chi connectivity index (χ0n) is 14.6. The van der Waals surface area contributed by atoms with E-state index in [-0.39, 0.29) is 11.5 Å². The van der Waals surface area contributed by atoms with Crippen LogP contribution in [0, 0.1) is 0 Å². The molecule has 25 heavy (non-hydrogen) atoms. The molecule has 0 aliphatic carbocycles. The van der Waals surface area contributed by atoms with Crippen molar-refractivity contribution in [3.8, 4) is 11.5 Å². The minimum atomic E-state index is -0.519. The fourth-order valence-electron chi connectivity index (χ4n) is 2.11. The van der Waals surface area contributed by atoms with E-state index in [0.717, 1.165) is 0 Å². The quantitative estimate of drug-likeness (QED) is 0.620. The molecule has 0 aromatic heterocycles. The Morgan fingerprint density at radius 1 is 0.880 bits per heavy atom. The number of nitrogens with zero attached hydrogens (tertiary/aromatic N) is 2. The van der Waals surface area contributed by atoms with E-state index in [0.29, 0.717) is 22.6 Å². The van der Waals surface area contributed by atoms with Gasteiger partial charge < -0.3 is 14.4 Å². The Labute approximate surface area is 146 Å². The van der Waals surface area contributed by atoms with Crippen molar-refractivity contribution in [3.63, 3.8) is 0 Å². The van der Waals surface area contributed by atoms with Crippen molar-refractivity contribution in [2.45, 2.75) is 0 Å². The molecular formula is C19H20N2O4. The van der Waals surface area contributed by atoms with Gasteiger partial charge in [-0.05, 0) is 24.3 Å². The van der Waals surface area contributed by atoms with Gasteiger partial charge in [0.05, 0.1) is 14.2 Å². The molecule has 0 unspecified atom stereocenters. The number of rotatable bonds is 5. The second kappa shape index (κ2) is 8.10. The number of benzene rings is 2. The highest BCUT2D eigenvalue weighted by Crippen LogP contribution is 2.18. The number of hydrogen-bond acceptors (Lipinski definition) is 4. The summed E-state index contributed by atoms with van der Waals surface area (Å²) >= 11 is 0. The van der Waals surface area contributed by atoms with Gasteiger partial charge in [0, 0.05) is 25.2 Å². The summed E-state index contributed by atoms with van der Waals surface area (Å²) in [5.41, 5.74) is 0.931. The third kappa shape index (κ3) is 4.44. The maximum Gasteiger partial charge on any atom is 0.343 e. The first kappa shape index (κ1) is 18.2. The predicted molar refractivity (Wildman–Crippen MR) is 95.9 cm³/mol. The summed E-state index contributed by atoms with van der Waals surface area (Å²) in [6.45, 7) is 0. The Bertz CT molecular complexity index is 813. The third-order valence-electron chi connectivity index (χ3n) is 3.48. The Hall–Kier alpha value is -3.15. The van der Waals surface area contributed by atoms with Crippen LogP contribution in [0.4, 0.5) is 4.79 Å². The van der Waals surface area contributed by atoms with Crippen LogP contribution in [0.1, 0.15) is 15.9 Å². The number of amides is 2. The summed E-state index contributed by atoms with van der Waals surface area (Å²) in [6, 6.07) is 13.1. The highest BCUT2D eigenvalue weighted by molar-refractivity contribution is 6.52. The van der Waals surface area contributed by atoms with Crippen molar-refractivity contribution in [1.82, 2.24) is 4.90 Å². The molecule has 0 spiro atoms. The first-order chi connectivity index (χ1) is 12.0. The van der Waals surface area contributed by atoms with E-state index in [9.17, 15) is 9.59 Å². The summed E-state index contributed by atoms with van der Waals surface area (Å²) in [5.74, 6) is 0.748. The Morgan fingerprint density at radius 3 is 1.92 bits per heavy atom. The van der Waals surface area contributed by atoms with Crippen LogP contribution >= 0.6 is 0 Å². The third-order valence-corrected chi connectivity index (χ3v) is 3.48. The van der Waals surface area contributed by atoms with Crippen LogP contribution in [-0.4, -0.2) is 50.7 Å². The number of hydrogen-bond donors (Lipinski definition) is 0. The van der Waals surface area contributed by atoms with Gasteiger partial charge in [-0.2, -0.15) is 4.99 Å². The fraction of sp³-hybridized carbons (Fsp3) is 0.211. The number of Topliss-reactive ketones (excluding diaryl/α,β-unsaturated/α-hetero) is 1. The van der Waals surface area contributed by atoms with E-state index < -0.39 is 6.03 Å². The van der Waals surface area contributed by atoms with Crippen molar-refractivity contribution in [1.29, 1.82) is 0 Å². The van der Waals surface area contributed by atoms with Crippen molar-refractivity contribution < 1.29 is 19.1 Å². The van der Waals surface area contributed by atoms with Gasteiger partial charge in [0.25, 0.3) is 0 Å². The largest absolute Gasteiger partial charge is 0.497 e. The Balaban J connectivity index is 2.54. The summed E-state index contributed by atoms with van der Waals surface area (Å²) in [4.78, 5) is 30.4. The first-order valence-electron chi connectivity index (χ1n) is 7.59. The lowest BCUT2D eigenvalue weighted by molar-refractivity contribution is 0.106. The molecule has 0 radical (unpaired) electrons. The maximum atomic E-state index is 13.0. The molecule has 0 aliphatic heterocycles. The molecule has 0 saturated carbocycles. The van der Waals surface area contributed by atoms with E-state index in [1.165, 1.54) is 19.1 Å². The SMILES string of the molecule is COc1cccc(C(=O)/C(=N/C(=O)N(C)C)c2cccc(OC)c2)c1. The number of ether oxygens (including phenoxy) is 2. The van der Waals surface area contributed by atoms with Crippen LogP contribution in [0.2, 0.25) is 0 Å². The molecule has 6 heteroatoms. The van der Waals surface area contributed by atoms with Gasteiger partial charge in [-0.1, -0.05) is 24.3 Å². The Kier molecular flexibility index (Phi) is 5.89. The summed E-state index contributed by atoms with van der Waals surface area (Å²) < 4.78 is 10.4. The predicted octanol–water partition coefficient (Wildman–Crippen LogP) is 3.06. The van der Waals surface area contributed by atoms with Crippen LogP contribution in [-0.2, 0) is 0 Å². The van der Waals surface area contributed by atoms with Crippen LogP contribution in [0.25, 0.3) is 0 Å². The fourth-order valence-corrected chi connectivity index (χ4v) is 2.11. The summed E-state index contributed by atoms with van der Waals surface area (Å²) in [5, 5.41) is 0. The lowest BCUT2D eigenvalue weighted by Crippen LogP contribution is -2.23. The zero-order chi connectivity index (χ0) is 18.4. The molecule has 0 atom stereocenters.